The third-order valence-electron chi connectivity index (χ3n) is 2.63. The number of hydrogen-bond donors (Lipinski definition) is 1. The first-order chi connectivity index (χ1) is 8.20. The molecule has 0 fully saturated rings. The second kappa shape index (κ2) is 5.10. The van der Waals surface area contributed by atoms with Crippen LogP contribution in [0.4, 0.5) is 0 Å². The molecule has 0 unspecified atom stereocenters. The van der Waals surface area contributed by atoms with Crippen molar-refractivity contribution >= 4 is 10.9 Å². The maximum atomic E-state index is 5.73. The first-order valence-electron chi connectivity index (χ1n) is 5.63. The van der Waals surface area contributed by atoms with E-state index in [-0.39, 0.29) is 0 Å². The highest BCUT2D eigenvalue weighted by atomic mass is 16.5. The fourth-order valence-electron chi connectivity index (χ4n) is 1.67. The number of fused-ring (bicyclic) bond motifs is 1. The van der Waals surface area contributed by atoms with Gasteiger partial charge in [0, 0.05) is 29.7 Å². The molecule has 0 saturated heterocycles. The summed E-state index contributed by atoms with van der Waals surface area (Å²) < 4.78 is 11.1. The number of ether oxygens (including phenoxy) is 2. The van der Waals surface area contributed by atoms with Crippen molar-refractivity contribution in [2.45, 2.75) is 0 Å². The first-order valence-corrected chi connectivity index (χ1v) is 5.63. The molecule has 1 aromatic carbocycles. The van der Waals surface area contributed by atoms with E-state index >= 15 is 0 Å². The van der Waals surface area contributed by atoms with Gasteiger partial charge in [0.05, 0.1) is 7.11 Å². The average Bonchev–Trinajstić information content (AvgIpc) is 2.74. The van der Waals surface area contributed by atoms with E-state index in [9.17, 15) is 0 Å². The second-order valence-corrected chi connectivity index (χ2v) is 4.22. The normalized spacial score (nSPS) is 11.1. The van der Waals surface area contributed by atoms with Gasteiger partial charge >= 0.3 is 0 Å². The summed E-state index contributed by atoms with van der Waals surface area (Å²) in [5.41, 5.74) is 1.06. The van der Waals surface area contributed by atoms with E-state index in [0.29, 0.717) is 6.61 Å². The van der Waals surface area contributed by atoms with E-state index in [1.54, 1.807) is 7.11 Å². The molecule has 0 radical (unpaired) electrons. The Kier molecular flexibility index (Phi) is 3.54. The molecule has 0 bridgehead atoms. The molecule has 4 heteroatoms. The molecule has 0 aliphatic heterocycles. The molecule has 4 nitrogen and oxygen atoms in total. The van der Waals surface area contributed by atoms with Gasteiger partial charge in [-0.3, -0.25) is 0 Å². The van der Waals surface area contributed by atoms with Gasteiger partial charge in [-0.05, 0) is 26.2 Å². The number of nitrogens with one attached hydrogen (secondary N) is 1. The molecule has 1 heterocycles. The van der Waals surface area contributed by atoms with Crippen molar-refractivity contribution in [1.82, 2.24) is 9.88 Å². The van der Waals surface area contributed by atoms with Gasteiger partial charge in [-0.15, -0.1) is 0 Å². The van der Waals surface area contributed by atoms with Crippen LogP contribution in [0.5, 0.6) is 11.5 Å². The monoisotopic (exact) mass is 234 g/mol. The molecule has 92 valence electrons. The summed E-state index contributed by atoms with van der Waals surface area (Å²) in [4.78, 5) is 5.25. The van der Waals surface area contributed by atoms with E-state index in [4.69, 9.17) is 9.47 Å². The number of benzene rings is 1. The summed E-state index contributed by atoms with van der Waals surface area (Å²) in [5.74, 6) is 1.56. The quantitative estimate of drug-likeness (QED) is 0.861. The minimum absolute atomic E-state index is 0.648. The van der Waals surface area contributed by atoms with Crippen LogP contribution in [-0.4, -0.2) is 44.2 Å². The van der Waals surface area contributed by atoms with E-state index in [1.165, 1.54) is 0 Å². The van der Waals surface area contributed by atoms with E-state index < -0.39 is 0 Å². The molecule has 0 amide bonds. The SMILES string of the molecule is COc1cc2cc[nH]c2cc1OCCN(C)C. The summed E-state index contributed by atoms with van der Waals surface area (Å²) in [5, 5.41) is 1.13. The Bertz CT molecular complexity index is 491. The summed E-state index contributed by atoms with van der Waals surface area (Å²) >= 11 is 0. The maximum absolute atomic E-state index is 5.73. The predicted octanol–water partition coefficient (Wildman–Crippen LogP) is 2.12. The van der Waals surface area contributed by atoms with Gasteiger partial charge in [0.25, 0.3) is 0 Å². The molecule has 0 aliphatic carbocycles. The zero-order chi connectivity index (χ0) is 12.3. The topological polar surface area (TPSA) is 37.5 Å². The van der Waals surface area contributed by atoms with Crippen molar-refractivity contribution in [1.29, 1.82) is 0 Å². The summed E-state index contributed by atoms with van der Waals surface area (Å²) in [6.45, 7) is 1.53. The van der Waals surface area contributed by atoms with Crippen molar-refractivity contribution in [2.24, 2.45) is 0 Å². The van der Waals surface area contributed by atoms with Crippen LogP contribution in [0, 0.1) is 0 Å². The van der Waals surface area contributed by atoms with Crippen LogP contribution in [0.2, 0.25) is 0 Å². The predicted molar refractivity (Wildman–Crippen MR) is 68.9 cm³/mol. The van der Waals surface area contributed by atoms with Gasteiger partial charge in [0.2, 0.25) is 0 Å². The molecule has 0 spiro atoms. The minimum Gasteiger partial charge on any atom is -0.493 e. The van der Waals surface area contributed by atoms with Crippen LogP contribution < -0.4 is 9.47 Å². The molecule has 0 aliphatic rings. The lowest BCUT2D eigenvalue weighted by Crippen LogP contribution is -2.19. The number of aromatic nitrogens is 1. The van der Waals surface area contributed by atoms with E-state index in [0.717, 1.165) is 28.9 Å². The number of methoxy groups -OCH3 is 1. The lowest BCUT2D eigenvalue weighted by atomic mass is 10.2. The average molecular weight is 234 g/mol. The number of aromatic amines is 1. The highest BCUT2D eigenvalue weighted by Crippen LogP contribution is 2.31. The Balaban J connectivity index is 2.18. The largest absolute Gasteiger partial charge is 0.493 e. The Morgan fingerprint density at radius 2 is 2.06 bits per heavy atom. The van der Waals surface area contributed by atoms with Gasteiger partial charge in [-0.25, -0.2) is 0 Å². The smallest absolute Gasteiger partial charge is 0.163 e. The van der Waals surface area contributed by atoms with Crippen LogP contribution in [0.15, 0.2) is 24.4 Å². The van der Waals surface area contributed by atoms with Gasteiger partial charge < -0.3 is 19.4 Å². The van der Waals surface area contributed by atoms with Crippen molar-refractivity contribution < 1.29 is 9.47 Å². The summed E-state index contributed by atoms with van der Waals surface area (Å²) in [7, 11) is 5.70. The number of H-pyrrole nitrogens is 1. The molecular weight excluding hydrogens is 216 g/mol. The van der Waals surface area contributed by atoms with Crippen LogP contribution >= 0.6 is 0 Å². The lowest BCUT2D eigenvalue weighted by molar-refractivity contribution is 0.251. The lowest BCUT2D eigenvalue weighted by Gasteiger charge is -2.13. The van der Waals surface area contributed by atoms with Crippen molar-refractivity contribution in [3.05, 3.63) is 24.4 Å². The third-order valence-corrected chi connectivity index (χ3v) is 2.63. The zero-order valence-electron chi connectivity index (χ0n) is 10.5. The van der Waals surface area contributed by atoms with Crippen LogP contribution in [0.25, 0.3) is 10.9 Å². The van der Waals surface area contributed by atoms with Crippen molar-refractivity contribution in [3.8, 4) is 11.5 Å². The number of likely N-dealkylation sites (N-methyl/N-ethyl adjacent to an activating group) is 1. The van der Waals surface area contributed by atoms with Crippen molar-refractivity contribution in [3.63, 3.8) is 0 Å². The maximum Gasteiger partial charge on any atom is 0.163 e. The Hall–Kier alpha value is -1.68. The van der Waals surface area contributed by atoms with Crippen LogP contribution in [-0.2, 0) is 0 Å². The fraction of sp³-hybridized carbons (Fsp3) is 0.385. The van der Waals surface area contributed by atoms with Gasteiger partial charge in [0.15, 0.2) is 11.5 Å². The van der Waals surface area contributed by atoms with Crippen molar-refractivity contribution in [2.75, 3.05) is 34.4 Å². The molecule has 0 atom stereocenters. The number of rotatable bonds is 5. The molecule has 17 heavy (non-hydrogen) atoms. The highest BCUT2D eigenvalue weighted by Gasteiger charge is 2.07. The molecule has 2 rings (SSSR count). The third kappa shape index (κ3) is 2.71. The minimum atomic E-state index is 0.648. The highest BCUT2D eigenvalue weighted by molar-refractivity contribution is 5.83. The molecule has 0 saturated carbocycles. The molecule has 1 aromatic heterocycles. The van der Waals surface area contributed by atoms with E-state index in [2.05, 4.69) is 9.88 Å². The van der Waals surface area contributed by atoms with Gasteiger partial charge in [-0.2, -0.15) is 0 Å². The van der Waals surface area contributed by atoms with Gasteiger partial charge in [0.1, 0.15) is 6.61 Å². The fourth-order valence-corrected chi connectivity index (χ4v) is 1.67. The first kappa shape index (κ1) is 11.8. The second-order valence-electron chi connectivity index (χ2n) is 4.22. The Labute approximate surface area is 101 Å². The molecular formula is C13H18N2O2. The Morgan fingerprint density at radius 1 is 1.24 bits per heavy atom. The summed E-state index contributed by atoms with van der Waals surface area (Å²) in [6, 6.07) is 5.97. The standard InChI is InChI=1S/C13H18N2O2/c1-15(2)6-7-17-13-9-11-10(4-5-14-11)8-12(13)16-3/h4-5,8-9,14H,6-7H2,1-3H3. The molecule has 2 aromatic rings. The Morgan fingerprint density at radius 3 is 2.76 bits per heavy atom. The van der Waals surface area contributed by atoms with Crippen LogP contribution in [0.1, 0.15) is 0 Å². The number of hydrogen-bond acceptors (Lipinski definition) is 3. The zero-order valence-corrected chi connectivity index (χ0v) is 10.5. The summed E-state index contributed by atoms with van der Waals surface area (Å²) in [6.07, 6.45) is 1.91. The van der Waals surface area contributed by atoms with Crippen LogP contribution in [0.3, 0.4) is 0 Å². The van der Waals surface area contributed by atoms with Gasteiger partial charge in [-0.1, -0.05) is 0 Å². The number of nitrogens with zero attached hydrogens (tertiary/aromatic N) is 1. The van der Waals surface area contributed by atoms with E-state index in [1.807, 2.05) is 38.5 Å². The molecule has 1 N–H and O–H groups in total.